The Morgan fingerprint density at radius 3 is 2.64 bits per heavy atom. The third-order valence-corrected chi connectivity index (χ3v) is 8.53. The molecular weight excluding hydrogens is 455 g/mol. The molecule has 1 aliphatic heterocycles. The van der Waals surface area contributed by atoms with Crippen molar-refractivity contribution in [3.63, 3.8) is 0 Å². The van der Waals surface area contributed by atoms with Gasteiger partial charge in [-0.2, -0.15) is 4.98 Å². The number of carbonyl (C=O) groups excluding carboxylic acids is 1. The molecule has 36 heavy (non-hydrogen) atoms. The van der Waals surface area contributed by atoms with Crippen LogP contribution < -0.4 is 16.0 Å². The molecule has 8 heteroatoms. The largest absolute Gasteiger partial charge is 0.351 e. The van der Waals surface area contributed by atoms with Crippen molar-refractivity contribution in [1.82, 2.24) is 25.2 Å². The van der Waals surface area contributed by atoms with Crippen LogP contribution in [0.5, 0.6) is 0 Å². The lowest BCUT2D eigenvalue weighted by Crippen LogP contribution is -2.52. The summed E-state index contributed by atoms with van der Waals surface area (Å²) in [5.74, 6) is 0.464. The topological polar surface area (TPSA) is 83.9 Å². The number of nitrogens with one attached hydrogen (secondary N) is 3. The van der Waals surface area contributed by atoms with Gasteiger partial charge in [0.2, 0.25) is 5.95 Å². The Labute approximate surface area is 211 Å². The fourth-order valence-corrected chi connectivity index (χ4v) is 6.59. The third-order valence-electron chi connectivity index (χ3n) is 8.53. The third kappa shape index (κ3) is 4.25. The number of nitrogens with zero attached hydrogens (tertiary/aromatic N) is 3. The lowest BCUT2D eigenvalue weighted by Gasteiger charge is -2.42. The van der Waals surface area contributed by atoms with Gasteiger partial charge in [-0.25, -0.2) is 9.37 Å². The van der Waals surface area contributed by atoms with E-state index in [9.17, 15) is 9.18 Å². The molecule has 7 nitrogen and oxygen atoms in total. The summed E-state index contributed by atoms with van der Waals surface area (Å²) in [4.78, 5) is 22.2. The molecule has 0 saturated heterocycles. The van der Waals surface area contributed by atoms with Gasteiger partial charge in [0, 0.05) is 41.8 Å². The Kier molecular flexibility index (Phi) is 6.15. The molecular formula is C28H35FN6O. The summed E-state index contributed by atoms with van der Waals surface area (Å²) >= 11 is 0. The number of carbonyl (C=O) groups is 1. The van der Waals surface area contributed by atoms with Crippen LogP contribution >= 0.6 is 0 Å². The molecule has 0 radical (unpaired) electrons. The Morgan fingerprint density at radius 1 is 1.11 bits per heavy atom. The molecule has 2 aliphatic carbocycles. The van der Waals surface area contributed by atoms with E-state index in [-0.39, 0.29) is 23.3 Å². The lowest BCUT2D eigenvalue weighted by molar-refractivity contribution is 0.0833. The van der Waals surface area contributed by atoms with E-state index >= 15 is 0 Å². The summed E-state index contributed by atoms with van der Waals surface area (Å²) in [7, 11) is 0. The SMILES string of the molecule is CC(NC1CCC(Nc2ncc3cc4n(c3n2)C2(CCCCC2)CNC4=O)CC1)c1ccccc1F. The summed E-state index contributed by atoms with van der Waals surface area (Å²) < 4.78 is 16.4. The Bertz CT molecular complexity index is 1260. The van der Waals surface area contributed by atoms with Gasteiger partial charge in [-0.3, -0.25) is 4.79 Å². The number of aromatic nitrogens is 3. The van der Waals surface area contributed by atoms with Crippen LogP contribution in [0.4, 0.5) is 10.3 Å². The summed E-state index contributed by atoms with van der Waals surface area (Å²) in [6.07, 6.45) is 11.6. The molecule has 0 bridgehead atoms. The van der Waals surface area contributed by atoms with Gasteiger partial charge in [0.1, 0.15) is 17.2 Å². The second-order valence-corrected chi connectivity index (χ2v) is 10.9. The maximum absolute atomic E-state index is 14.1. The first-order valence-electron chi connectivity index (χ1n) is 13.5. The molecule has 2 aromatic heterocycles. The maximum Gasteiger partial charge on any atom is 0.268 e. The van der Waals surface area contributed by atoms with Gasteiger partial charge < -0.3 is 20.5 Å². The quantitative estimate of drug-likeness (QED) is 0.466. The van der Waals surface area contributed by atoms with Crippen LogP contribution in [0.3, 0.4) is 0 Å². The van der Waals surface area contributed by atoms with Crippen molar-refractivity contribution in [2.24, 2.45) is 0 Å². The molecule has 3 aromatic rings. The molecule has 1 aromatic carbocycles. The highest BCUT2D eigenvalue weighted by atomic mass is 19.1. The van der Waals surface area contributed by atoms with E-state index in [1.807, 2.05) is 31.3 Å². The van der Waals surface area contributed by atoms with Gasteiger partial charge in [-0.1, -0.05) is 37.5 Å². The van der Waals surface area contributed by atoms with E-state index in [0.717, 1.165) is 55.1 Å². The van der Waals surface area contributed by atoms with Crippen LogP contribution in [0.1, 0.15) is 86.8 Å². The highest BCUT2D eigenvalue weighted by Gasteiger charge is 2.41. The van der Waals surface area contributed by atoms with Crippen molar-refractivity contribution >= 4 is 22.9 Å². The number of hydrogen-bond acceptors (Lipinski definition) is 5. The summed E-state index contributed by atoms with van der Waals surface area (Å²) in [6.45, 7) is 2.71. The van der Waals surface area contributed by atoms with Crippen LogP contribution in [0.15, 0.2) is 36.5 Å². The number of benzene rings is 1. The molecule has 2 saturated carbocycles. The number of rotatable bonds is 5. The number of anilines is 1. The molecule has 6 rings (SSSR count). The summed E-state index contributed by atoms with van der Waals surface area (Å²) in [5.41, 5.74) is 2.22. The molecule has 3 heterocycles. The molecule has 3 aliphatic rings. The van der Waals surface area contributed by atoms with E-state index in [4.69, 9.17) is 4.98 Å². The Morgan fingerprint density at radius 2 is 1.86 bits per heavy atom. The fraction of sp³-hybridized carbons (Fsp3) is 0.536. The smallest absolute Gasteiger partial charge is 0.268 e. The van der Waals surface area contributed by atoms with Crippen LogP contribution in [-0.2, 0) is 5.54 Å². The number of fused-ring (bicyclic) bond motifs is 4. The zero-order valence-corrected chi connectivity index (χ0v) is 20.9. The average Bonchev–Trinajstić information content (AvgIpc) is 3.29. The van der Waals surface area contributed by atoms with Crippen molar-refractivity contribution < 1.29 is 9.18 Å². The van der Waals surface area contributed by atoms with E-state index in [2.05, 4.69) is 25.5 Å². The minimum atomic E-state index is -0.152. The lowest BCUT2D eigenvalue weighted by atomic mass is 9.80. The standard InChI is InChI=1S/C28H35FN6O/c1-18(22-7-3-4-8-23(22)29)32-20-9-11-21(12-10-20)33-27-30-16-19-15-24-26(36)31-17-28(13-5-2-6-14-28)35(24)25(19)34-27/h3-4,7-8,15-16,18,20-21,32H,2,5-6,9-14,17H2,1H3,(H,31,36)(H,30,33,34). The zero-order chi connectivity index (χ0) is 24.7. The first-order valence-corrected chi connectivity index (χ1v) is 13.5. The molecule has 1 amide bonds. The van der Waals surface area contributed by atoms with Crippen molar-refractivity contribution in [2.45, 2.75) is 88.4 Å². The predicted octanol–water partition coefficient (Wildman–Crippen LogP) is 5.05. The minimum absolute atomic E-state index is 0.0173. The van der Waals surface area contributed by atoms with E-state index in [0.29, 0.717) is 30.3 Å². The Balaban J connectivity index is 1.15. The van der Waals surface area contributed by atoms with E-state index < -0.39 is 0 Å². The van der Waals surface area contributed by atoms with Gasteiger partial charge in [0.05, 0.1) is 5.54 Å². The summed E-state index contributed by atoms with van der Waals surface area (Å²) in [6, 6.07) is 9.59. The zero-order valence-electron chi connectivity index (χ0n) is 20.9. The van der Waals surface area contributed by atoms with E-state index in [1.165, 1.54) is 25.3 Å². The second kappa shape index (κ2) is 9.47. The monoisotopic (exact) mass is 490 g/mol. The highest BCUT2D eigenvalue weighted by molar-refractivity contribution is 5.99. The van der Waals surface area contributed by atoms with Gasteiger partial charge in [-0.05, 0) is 57.6 Å². The van der Waals surface area contributed by atoms with Crippen molar-refractivity contribution in [2.75, 3.05) is 11.9 Å². The molecule has 3 N–H and O–H groups in total. The first-order chi connectivity index (χ1) is 17.5. The van der Waals surface area contributed by atoms with Gasteiger partial charge >= 0.3 is 0 Å². The van der Waals surface area contributed by atoms with Crippen molar-refractivity contribution in [3.05, 3.63) is 53.6 Å². The van der Waals surface area contributed by atoms with Crippen LogP contribution in [0.2, 0.25) is 0 Å². The van der Waals surface area contributed by atoms with Crippen molar-refractivity contribution in [3.8, 4) is 0 Å². The molecule has 1 atom stereocenters. The Hall–Kier alpha value is -3.00. The normalized spacial score (nSPS) is 24.3. The second-order valence-electron chi connectivity index (χ2n) is 10.9. The van der Waals surface area contributed by atoms with Crippen LogP contribution in [-0.4, -0.2) is 39.1 Å². The van der Waals surface area contributed by atoms with E-state index in [1.54, 1.807) is 6.07 Å². The fourth-order valence-electron chi connectivity index (χ4n) is 6.59. The van der Waals surface area contributed by atoms with Crippen LogP contribution in [0.25, 0.3) is 11.0 Å². The minimum Gasteiger partial charge on any atom is -0.351 e. The summed E-state index contributed by atoms with van der Waals surface area (Å²) in [5, 5.41) is 11.2. The number of hydrogen-bond donors (Lipinski definition) is 3. The van der Waals surface area contributed by atoms with Crippen LogP contribution in [0, 0.1) is 5.82 Å². The number of halogens is 1. The highest BCUT2D eigenvalue weighted by Crippen LogP contribution is 2.40. The molecule has 190 valence electrons. The first kappa shape index (κ1) is 23.4. The maximum atomic E-state index is 14.1. The molecule has 2 fully saturated rings. The number of amides is 1. The van der Waals surface area contributed by atoms with Gasteiger partial charge in [-0.15, -0.1) is 0 Å². The van der Waals surface area contributed by atoms with Gasteiger partial charge in [0.25, 0.3) is 5.91 Å². The van der Waals surface area contributed by atoms with Gasteiger partial charge in [0.15, 0.2) is 0 Å². The molecule has 1 spiro atoms. The van der Waals surface area contributed by atoms with Crippen molar-refractivity contribution in [1.29, 1.82) is 0 Å². The predicted molar refractivity (Wildman–Crippen MR) is 139 cm³/mol. The molecule has 1 unspecified atom stereocenters. The average molecular weight is 491 g/mol.